The van der Waals surface area contributed by atoms with Crippen LogP contribution in [0.25, 0.3) is 0 Å². The molecular formula is C14H24F3N3. The highest BCUT2D eigenvalue weighted by molar-refractivity contribution is 5.14. The van der Waals surface area contributed by atoms with Crippen molar-refractivity contribution >= 4 is 0 Å². The summed E-state index contributed by atoms with van der Waals surface area (Å²) in [5.74, 6) is 0. The minimum absolute atomic E-state index is 0.149. The second-order valence-corrected chi connectivity index (χ2v) is 5.98. The van der Waals surface area contributed by atoms with Crippen LogP contribution in [0, 0.1) is 11.3 Å². The van der Waals surface area contributed by atoms with E-state index in [0.29, 0.717) is 32.2 Å². The van der Waals surface area contributed by atoms with Crippen LogP contribution in [0.4, 0.5) is 13.2 Å². The van der Waals surface area contributed by atoms with Crippen LogP contribution in [0.3, 0.4) is 0 Å². The number of hydrogen-bond acceptors (Lipinski definition) is 3. The first-order chi connectivity index (χ1) is 9.21. The zero-order valence-corrected chi connectivity index (χ0v) is 12.4. The zero-order valence-electron chi connectivity index (χ0n) is 12.4. The standard InChI is InChI=1S/C14H24F3N3/c1-4-7-20(10-14(15,16)17)12-5-6-13(8-12,9-18)19-11(2)3/h11-12,19H,4-8,10H2,1-3H3. The maximum absolute atomic E-state index is 12.6. The molecule has 1 aliphatic carbocycles. The summed E-state index contributed by atoms with van der Waals surface area (Å²) in [6.45, 7) is 5.32. The molecule has 0 aliphatic heterocycles. The summed E-state index contributed by atoms with van der Waals surface area (Å²) < 4.78 is 37.9. The summed E-state index contributed by atoms with van der Waals surface area (Å²) >= 11 is 0. The van der Waals surface area contributed by atoms with Gasteiger partial charge in [0.25, 0.3) is 0 Å². The number of nitrogens with one attached hydrogen (secondary N) is 1. The van der Waals surface area contributed by atoms with Crippen molar-refractivity contribution in [2.75, 3.05) is 13.1 Å². The van der Waals surface area contributed by atoms with Crippen LogP contribution in [0.1, 0.15) is 46.5 Å². The van der Waals surface area contributed by atoms with Crippen molar-refractivity contribution in [1.82, 2.24) is 10.2 Å². The molecule has 0 aromatic rings. The highest BCUT2D eigenvalue weighted by atomic mass is 19.4. The summed E-state index contributed by atoms with van der Waals surface area (Å²) in [5, 5.41) is 12.6. The molecule has 1 aliphatic rings. The number of alkyl halides is 3. The first-order valence-corrected chi connectivity index (χ1v) is 7.21. The van der Waals surface area contributed by atoms with Crippen LogP contribution in [0.15, 0.2) is 0 Å². The third kappa shape index (κ3) is 4.95. The van der Waals surface area contributed by atoms with Crippen molar-refractivity contribution < 1.29 is 13.2 Å². The van der Waals surface area contributed by atoms with E-state index >= 15 is 0 Å². The summed E-state index contributed by atoms with van der Waals surface area (Å²) in [6.07, 6.45) is -1.77. The molecule has 1 N–H and O–H groups in total. The molecule has 1 rings (SSSR count). The normalized spacial score (nSPS) is 27.2. The van der Waals surface area contributed by atoms with Crippen molar-refractivity contribution in [3.63, 3.8) is 0 Å². The molecule has 1 fully saturated rings. The van der Waals surface area contributed by atoms with Gasteiger partial charge < -0.3 is 0 Å². The summed E-state index contributed by atoms with van der Waals surface area (Å²) in [5.41, 5.74) is -0.670. The van der Waals surface area contributed by atoms with Crippen molar-refractivity contribution in [3.05, 3.63) is 0 Å². The topological polar surface area (TPSA) is 39.1 Å². The Balaban J connectivity index is 2.74. The van der Waals surface area contributed by atoms with E-state index in [9.17, 15) is 18.4 Å². The van der Waals surface area contributed by atoms with Crippen LogP contribution in [-0.2, 0) is 0 Å². The molecule has 0 amide bonds. The summed E-state index contributed by atoms with van der Waals surface area (Å²) in [4.78, 5) is 1.49. The monoisotopic (exact) mass is 291 g/mol. The smallest absolute Gasteiger partial charge is 0.297 e. The minimum Gasteiger partial charge on any atom is -0.297 e. The number of nitrogens with zero attached hydrogens (tertiary/aromatic N) is 2. The van der Waals surface area contributed by atoms with Gasteiger partial charge in [-0.3, -0.25) is 10.2 Å². The molecule has 2 atom stereocenters. The van der Waals surface area contributed by atoms with E-state index < -0.39 is 18.3 Å². The van der Waals surface area contributed by atoms with Crippen LogP contribution < -0.4 is 5.32 Å². The van der Waals surface area contributed by atoms with Gasteiger partial charge in [-0.15, -0.1) is 0 Å². The van der Waals surface area contributed by atoms with E-state index in [4.69, 9.17) is 0 Å². The van der Waals surface area contributed by atoms with Gasteiger partial charge in [0.05, 0.1) is 12.6 Å². The minimum atomic E-state index is -4.18. The lowest BCUT2D eigenvalue weighted by Crippen LogP contribution is -2.48. The van der Waals surface area contributed by atoms with Gasteiger partial charge in [-0.25, -0.2) is 0 Å². The van der Waals surface area contributed by atoms with E-state index in [2.05, 4.69) is 11.4 Å². The predicted octanol–water partition coefficient (Wildman–Crippen LogP) is 3.07. The van der Waals surface area contributed by atoms with Crippen LogP contribution in [0.2, 0.25) is 0 Å². The fourth-order valence-corrected chi connectivity index (χ4v) is 3.06. The molecule has 0 heterocycles. The highest BCUT2D eigenvalue weighted by Gasteiger charge is 2.43. The average molecular weight is 291 g/mol. The maximum Gasteiger partial charge on any atom is 0.401 e. The van der Waals surface area contributed by atoms with Gasteiger partial charge in [0.15, 0.2) is 0 Å². The number of hydrogen-bond donors (Lipinski definition) is 1. The molecule has 3 nitrogen and oxygen atoms in total. The van der Waals surface area contributed by atoms with Gasteiger partial charge in [-0.1, -0.05) is 6.92 Å². The lowest BCUT2D eigenvalue weighted by Gasteiger charge is -2.31. The zero-order chi connectivity index (χ0) is 15.4. The van der Waals surface area contributed by atoms with Gasteiger partial charge in [0, 0.05) is 12.1 Å². The number of rotatable bonds is 6. The molecule has 20 heavy (non-hydrogen) atoms. The number of nitriles is 1. The Hall–Kier alpha value is -0.800. The quantitative estimate of drug-likeness (QED) is 0.817. The fourth-order valence-electron chi connectivity index (χ4n) is 3.06. The largest absolute Gasteiger partial charge is 0.401 e. The Morgan fingerprint density at radius 2 is 2.10 bits per heavy atom. The summed E-state index contributed by atoms with van der Waals surface area (Å²) in [7, 11) is 0. The third-order valence-corrected chi connectivity index (χ3v) is 3.68. The second kappa shape index (κ2) is 6.77. The summed E-state index contributed by atoms with van der Waals surface area (Å²) in [6, 6.07) is 2.26. The molecular weight excluding hydrogens is 267 g/mol. The van der Waals surface area contributed by atoms with Crippen LogP contribution in [-0.4, -0.2) is 41.8 Å². The Kier molecular flexibility index (Phi) is 5.84. The van der Waals surface area contributed by atoms with Gasteiger partial charge in [0.1, 0.15) is 5.54 Å². The van der Waals surface area contributed by atoms with E-state index in [1.165, 1.54) is 4.90 Å². The Labute approximate surface area is 119 Å². The predicted molar refractivity (Wildman–Crippen MR) is 72.2 cm³/mol. The molecule has 0 aromatic carbocycles. The van der Waals surface area contributed by atoms with Crippen LogP contribution >= 0.6 is 0 Å². The molecule has 0 saturated heterocycles. The third-order valence-electron chi connectivity index (χ3n) is 3.68. The molecule has 6 heteroatoms. The molecule has 0 radical (unpaired) electrons. The van der Waals surface area contributed by atoms with E-state index in [-0.39, 0.29) is 12.1 Å². The highest BCUT2D eigenvalue weighted by Crippen LogP contribution is 2.34. The van der Waals surface area contributed by atoms with E-state index in [1.807, 2.05) is 20.8 Å². The van der Waals surface area contributed by atoms with Crippen molar-refractivity contribution in [2.24, 2.45) is 0 Å². The Morgan fingerprint density at radius 1 is 1.45 bits per heavy atom. The number of halogens is 3. The van der Waals surface area contributed by atoms with Crippen molar-refractivity contribution in [3.8, 4) is 6.07 Å². The van der Waals surface area contributed by atoms with Gasteiger partial charge >= 0.3 is 6.18 Å². The van der Waals surface area contributed by atoms with Crippen molar-refractivity contribution in [2.45, 2.75) is 70.3 Å². The van der Waals surface area contributed by atoms with Gasteiger partial charge in [-0.2, -0.15) is 18.4 Å². The molecule has 0 aromatic heterocycles. The lowest BCUT2D eigenvalue weighted by molar-refractivity contribution is -0.150. The first kappa shape index (κ1) is 17.3. The molecule has 116 valence electrons. The van der Waals surface area contributed by atoms with Gasteiger partial charge in [0.2, 0.25) is 0 Å². The SMILES string of the molecule is CCCN(CC(F)(F)F)C1CCC(C#N)(NC(C)C)C1. The van der Waals surface area contributed by atoms with E-state index in [0.717, 1.165) is 0 Å². The molecule has 0 spiro atoms. The van der Waals surface area contributed by atoms with Gasteiger partial charge in [-0.05, 0) is 46.1 Å². The first-order valence-electron chi connectivity index (χ1n) is 7.21. The average Bonchev–Trinajstić information content (AvgIpc) is 2.71. The Bertz CT molecular complexity index is 349. The molecule has 1 saturated carbocycles. The lowest BCUT2D eigenvalue weighted by atomic mass is 9.98. The Morgan fingerprint density at radius 3 is 2.55 bits per heavy atom. The maximum atomic E-state index is 12.6. The fraction of sp³-hybridized carbons (Fsp3) is 0.929. The molecule has 0 bridgehead atoms. The molecule has 2 unspecified atom stereocenters. The van der Waals surface area contributed by atoms with Crippen LogP contribution in [0.5, 0.6) is 0 Å². The van der Waals surface area contributed by atoms with Crippen molar-refractivity contribution in [1.29, 1.82) is 5.26 Å². The second-order valence-electron chi connectivity index (χ2n) is 5.98. The van der Waals surface area contributed by atoms with E-state index in [1.54, 1.807) is 0 Å².